The van der Waals surface area contributed by atoms with Crippen molar-refractivity contribution in [3.8, 4) is 17.0 Å². The van der Waals surface area contributed by atoms with E-state index in [4.69, 9.17) is 9.72 Å². The van der Waals surface area contributed by atoms with Gasteiger partial charge in [-0.2, -0.15) is 0 Å². The van der Waals surface area contributed by atoms with Gasteiger partial charge in [0.05, 0.1) is 18.5 Å². The van der Waals surface area contributed by atoms with Gasteiger partial charge in [-0.15, -0.1) is 0 Å². The van der Waals surface area contributed by atoms with E-state index in [-0.39, 0.29) is 5.41 Å². The van der Waals surface area contributed by atoms with Crippen molar-refractivity contribution in [1.82, 2.24) is 9.38 Å². The van der Waals surface area contributed by atoms with Gasteiger partial charge in [0.2, 0.25) is 0 Å². The Kier molecular flexibility index (Phi) is 2.43. The van der Waals surface area contributed by atoms with E-state index < -0.39 is 0 Å². The molecule has 0 bridgehead atoms. The summed E-state index contributed by atoms with van der Waals surface area (Å²) in [6.45, 7) is 4.60. The van der Waals surface area contributed by atoms with Gasteiger partial charge in [0, 0.05) is 11.8 Å². The number of fused-ring (bicyclic) bond motifs is 5. The number of hydrogen-bond donors (Lipinski definition) is 0. The molecule has 3 aromatic rings. The molecule has 0 saturated heterocycles. The Hall–Kier alpha value is -2.29. The van der Waals surface area contributed by atoms with Gasteiger partial charge in [-0.1, -0.05) is 38.1 Å². The smallest absolute Gasteiger partial charge is 0.180 e. The molecular formula is C18H18N2O. The van der Waals surface area contributed by atoms with E-state index in [2.05, 4.69) is 48.7 Å². The first kappa shape index (κ1) is 12.5. The number of imidazole rings is 1. The Bertz CT molecular complexity index is 846. The second kappa shape index (κ2) is 4.10. The quantitative estimate of drug-likeness (QED) is 0.676. The molecule has 4 rings (SSSR count). The van der Waals surface area contributed by atoms with Gasteiger partial charge in [0.25, 0.3) is 0 Å². The van der Waals surface area contributed by atoms with Crippen molar-refractivity contribution < 1.29 is 4.74 Å². The molecule has 3 nitrogen and oxygen atoms in total. The van der Waals surface area contributed by atoms with E-state index >= 15 is 0 Å². The summed E-state index contributed by atoms with van der Waals surface area (Å²) in [5.41, 5.74) is 6.00. The molecule has 0 fully saturated rings. The fourth-order valence-electron chi connectivity index (χ4n) is 3.43. The highest BCUT2D eigenvalue weighted by Gasteiger charge is 2.33. The highest BCUT2D eigenvalue weighted by atomic mass is 16.5. The summed E-state index contributed by atoms with van der Waals surface area (Å²) in [7, 11) is 1.70. The van der Waals surface area contributed by atoms with Gasteiger partial charge in [0.15, 0.2) is 11.4 Å². The standard InChI is InChI=1S/C18H18N2O/c1-18(2)11-14-16(12-7-4-5-8-13(12)18)19-17-15(21-3)9-6-10-20(14)17/h4-10H,11H2,1-3H3. The van der Waals surface area contributed by atoms with Gasteiger partial charge in [-0.25, -0.2) is 4.98 Å². The van der Waals surface area contributed by atoms with Crippen molar-refractivity contribution in [3.05, 3.63) is 53.9 Å². The van der Waals surface area contributed by atoms with Crippen LogP contribution in [0.3, 0.4) is 0 Å². The molecule has 0 N–H and O–H groups in total. The normalized spacial score (nSPS) is 15.6. The number of pyridine rings is 1. The average molecular weight is 278 g/mol. The van der Waals surface area contributed by atoms with Crippen LogP contribution in [0.2, 0.25) is 0 Å². The lowest BCUT2D eigenvalue weighted by Crippen LogP contribution is -2.26. The first-order chi connectivity index (χ1) is 10.1. The molecule has 0 radical (unpaired) electrons. The summed E-state index contributed by atoms with van der Waals surface area (Å²) in [4.78, 5) is 4.87. The minimum atomic E-state index is 0.114. The predicted molar refractivity (Wildman–Crippen MR) is 83.9 cm³/mol. The van der Waals surface area contributed by atoms with Crippen LogP contribution >= 0.6 is 0 Å². The van der Waals surface area contributed by atoms with Crippen molar-refractivity contribution in [2.45, 2.75) is 25.7 Å². The van der Waals surface area contributed by atoms with Gasteiger partial charge in [-0.05, 0) is 29.5 Å². The Morgan fingerprint density at radius 3 is 2.76 bits per heavy atom. The largest absolute Gasteiger partial charge is 0.493 e. The summed E-state index contributed by atoms with van der Waals surface area (Å²) in [5, 5.41) is 0. The first-order valence-electron chi connectivity index (χ1n) is 7.25. The van der Waals surface area contributed by atoms with Gasteiger partial charge in [-0.3, -0.25) is 0 Å². The zero-order chi connectivity index (χ0) is 14.6. The van der Waals surface area contributed by atoms with Crippen LogP contribution in [0.4, 0.5) is 0 Å². The molecule has 0 saturated carbocycles. The Morgan fingerprint density at radius 1 is 1.14 bits per heavy atom. The number of hydrogen-bond acceptors (Lipinski definition) is 2. The van der Waals surface area contributed by atoms with Crippen molar-refractivity contribution in [1.29, 1.82) is 0 Å². The van der Waals surface area contributed by atoms with Crippen LogP contribution in [0.25, 0.3) is 16.9 Å². The van der Waals surface area contributed by atoms with Crippen molar-refractivity contribution in [2.75, 3.05) is 7.11 Å². The number of rotatable bonds is 1. The molecule has 21 heavy (non-hydrogen) atoms. The van der Waals surface area contributed by atoms with E-state index in [1.807, 2.05) is 12.1 Å². The molecule has 0 spiro atoms. The summed E-state index contributed by atoms with van der Waals surface area (Å²) >= 11 is 0. The summed E-state index contributed by atoms with van der Waals surface area (Å²) < 4.78 is 7.63. The van der Waals surface area contributed by atoms with Crippen LogP contribution in [0.5, 0.6) is 5.75 Å². The molecule has 0 amide bonds. The maximum Gasteiger partial charge on any atom is 0.180 e. The Balaban J connectivity index is 2.10. The fraction of sp³-hybridized carbons (Fsp3) is 0.278. The highest BCUT2D eigenvalue weighted by molar-refractivity contribution is 5.75. The average Bonchev–Trinajstić information content (AvgIpc) is 2.85. The van der Waals surface area contributed by atoms with Crippen LogP contribution in [0.1, 0.15) is 25.1 Å². The molecule has 1 aliphatic rings. The molecule has 3 heteroatoms. The molecular weight excluding hydrogens is 260 g/mol. The molecule has 2 heterocycles. The number of aromatic nitrogens is 2. The molecule has 1 aliphatic carbocycles. The van der Waals surface area contributed by atoms with Gasteiger partial charge >= 0.3 is 0 Å². The first-order valence-corrected chi connectivity index (χ1v) is 7.25. The third-order valence-corrected chi connectivity index (χ3v) is 4.45. The maximum atomic E-state index is 5.46. The van der Waals surface area contributed by atoms with Crippen molar-refractivity contribution >= 4 is 5.65 Å². The fourth-order valence-corrected chi connectivity index (χ4v) is 3.43. The van der Waals surface area contributed by atoms with Crippen LogP contribution in [-0.4, -0.2) is 16.5 Å². The predicted octanol–water partition coefficient (Wildman–Crippen LogP) is 3.84. The molecule has 0 atom stereocenters. The minimum Gasteiger partial charge on any atom is -0.493 e. The van der Waals surface area contributed by atoms with E-state index in [9.17, 15) is 0 Å². The molecule has 2 aromatic heterocycles. The maximum absolute atomic E-state index is 5.46. The molecule has 1 aromatic carbocycles. The SMILES string of the molecule is COc1cccn2c3c(nc12)-c1ccccc1C(C)(C)C3. The zero-order valence-electron chi connectivity index (χ0n) is 12.6. The summed E-state index contributed by atoms with van der Waals surface area (Å²) in [5.74, 6) is 0.821. The third kappa shape index (κ3) is 1.63. The second-order valence-corrected chi connectivity index (χ2v) is 6.28. The van der Waals surface area contributed by atoms with Gasteiger partial charge < -0.3 is 9.14 Å². The van der Waals surface area contributed by atoms with Crippen LogP contribution in [0, 0.1) is 0 Å². The lowest BCUT2D eigenvalue weighted by Gasteiger charge is -2.32. The van der Waals surface area contributed by atoms with E-state index in [1.54, 1.807) is 7.11 Å². The third-order valence-electron chi connectivity index (χ3n) is 4.45. The lowest BCUT2D eigenvalue weighted by atomic mass is 9.73. The van der Waals surface area contributed by atoms with Crippen molar-refractivity contribution in [2.24, 2.45) is 0 Å². The Labute approximate surface area is 124 Å². The van der Waals surface area contributed by atoms with E-state index in [1.165, 1.54) is 16.8 Å². The van der Waals surface area contributed by atoms with Gasteiger partial charge in [0.1, 0.15) is 0 Å². The molecule has 0 aliphatic heterocycles. The number of methoxy groups -OCH3 is 1. The van der Waals surface area contributed by atoms with Crippen molar-refractivity contribution in [3.63, 3.8) is 0 Å². The summed E-state index contributed by atoms with van der Waals surface area (Å²) in [6, 6.07) is 12.6. The van der Waals surface area contributed by atoms with Crippen LogP contribution < -0.4 is 4.74 Å². The highest BCUT2D eigenvalue weighted by Crippen LogP contribution is 2.43. The van der Waals surface area contributed by atoms with Crippen LogP contribution in [0.15, 0.2) is 42.6 Å². The van der Waals surface area contributed by atoms with E-state index in [0.29, 0.717) is 0 Å². The monoisotopic (exact) mass is 278 g/mol. The topological polar surface area (TPSA) is 26.5 Å². The zero-order valence-corrected chi connectivity index (χ0v) is 12.6. The number of ether oxygens (including phenoxy) is 1. The summed E-state index contributed by atoms with van der Waals surface area (Å²) in [6.07, 6.45) is 3.06. The van der Waals surface area contributed by atoms with E-state index in [0.717, 1.165) is 23.5 Å². The Morgan fingerprint density at radius 2 is 1.95 bits per heavy atom. The number of benzene rings is 1. The lowest BCUT2D eigenvalue weighted by molar-refractivity contribution is 0.416. The molecule has 106 valence electrons. The second-order valence-electron chi connectivity index (χ2n) is 6.28. The van der Waals surface area contributed by atoms with Crippen LogP contribution in [-0.2, 0) is 11.8 Å². The minimum absolute atomic E-state index is 0.114. The number of nitrogens with zero attached hydrogens (tertiary/aromatic N) is 2. The molecule has 0 unspecified atom stereocenters.